The van der Waals surface area contributed by atoms with Gasteiger partial charge in [0.15, 0.2) is 0 Å². The van der Waals surface area contributed by atoms with E-state index in [9.17, 15) is 4.79 Å². The molecule has 2 aromatic carbocycles. The Kier molecular flexibility index (Phi) is 7.54. The number of halogens is 5. The number of hydrogen-bond donors (Lipinski definition) is 1. The lowest BCUT2D eigenvalue weighted by Crippen LogP contribution is -2.19. The molecule has 1 N–H and O–H groups in total. The molecule has 0 saturated heterocycles. The van der Waals surface area contributed by atoms with Gasteiger partial charge in [0.1, 0.15) is 0 Å². The van der Waals surface area contributed by atoms with Crippen molar-refractivity contribution in [3.63, 3.8) is 0 Å². The SMILES string of the molecule is O=C(CSc1c(Cl)c(Cl)c(Cl)c(Cl)c1Cl)NN=Cc1ccccc1. The molecule has 24 heavy (non-hydrogen) atoms. The highest BCUT2D eigenvalue weighted by atomic mass is 35.5. The van der Waals surface area contributed by atoms with Gasteiger partial charge in [-0.3, -0.25) is 4.79 Å². The summed E-state index contributed by atoms with van der Waals surface area (Å²) in [5, 5.41) is 4.45. The lowest BCUT2D eigenvalue weighted by Gasteiger charge is -2.11. The summed E-state index contributed by atoms with van der Waals surface area (Å²) in [6.07, 6.45) is 1.54. The summed E-state index contributed by atoms with van der Waals surface area (Å²) in [5.41, 5.74) is 3.28. The molecule has 0 aliphatic carbocycles. The van der Waals surface area contributed by atoms with Gasteiger partial charge in [-0.15, -0.1) is 11.8 Å². The summed E-state index contributed by atoms with van der Waals surface area (Å²) in [6, 6.07) is 9.36. The van der Waals surface area contributed by atoms with E-state index in [0.717, 1.165) is 17.3 Å². The van der Waals surface area contributed by atoms with Crippen LogP contribution in [0.3, 0.4) is 0 Å². The van der Waals surface area contributed by atoms with E-state index in [4.69, 9.17) is 58.0 Å². The third-order valence-electron chi connectivity index (χ3n) is 2.72. The fourth-order valence-electron chi connectivity index (χ4n) is 1.60. The summed E-state index contributed by atoms with van der Waals surface area (Å²) in [7, 11) is 0. The lowest BCUT2D eigenvalue weighted by atomic mass is 10.2. The standard InChI is InChI=1S/C15H9Cl5N2OS/c16-10-11(17)13(19)15(14(20)12(10)18)24-7-9(23)22-21-6-8-4-2-1-3-5-8/h1-6H,7H2,(H,22,23). The predicted octanol–water partition coefficient (Wildman–Crippen LogP) is 6.20. The van der Waals surface area contributed by atoms with Gasteiger partial charge in [-0.05, 0) is 5.56 Å². The second kappa shape index (κ2) is 9.18. The molecule has 0 saturated carbocycles. The Morgan fingerprint density at radius 2 is 1.50 bits per heavy atom. The predicted molar refractivity (Wildman–Crippen MR) is 104 cm³/mol. The molecular weight excluding hydrogens is 434 g/mol. The largest absolute Gasteiger partial charge is 0.272 e. The third kappa shape index (κ3) is 4.94. The number of thioether (sulfide) groups is 1. The molecule has 3 nitrogen and oxygen atoms in total. The Hall–Kier alpha value is -0.620. The quantitative estimate of drug-likeness (QED) is 0.197. The van der Waals surface area contributed by atoms with Crippen molar-refractivity contribution in [3.8, 4) is 0 Å². The van der Waals surface area contributed by atoms with Gasteiger partial charge in [0.2, 0.25) is 5.91 Å². The molecule has 0 aromatic heterocycles. The highest BCUT2D eigenvalue weighted by Gasteiger charge is 2.20. The van der Waals surface area contributed by atoms with Crippen molar-refractivity contribution in [2.24, 2.45) is 5.10 Å². The second-order valence-corrected chi connectivity index (χ2v) is 7.27. The van der Waals surface area contributed by atoms with E-state index < -0.39 is 0 Å². The molecule has 1 amide bonds. The van der Waals surface area contributed by atoms with E-state index in [1.54, 1.807) is 6.21 Å². The first-order valence-corrected chi connectivity index (χ1v) is 9.30. The number of carbonyl (C=O) groups is 1. The van der Waals surface area contributed by atoms with E-state index in [1.165, 1.54) is 0 Å². The van der Waals surface area contributed by atoms with Gasteiger partial charge < -0.3 is 0 Å². The van der Waals surface area contributed by atoms with E-state index in [1.807, 2.05) is 30.3 Å². The highest BCUT2D eigenvalue weighted by molar-refractivity contribution is 8.00. The van der Waals surface area contributed by atoms with Gasteiger partial charge in [-0.25, -0.2) is 5.43 Å². The van der Waals surface area contributed by atoms with Crippen molar-refractivity contribution in [3.05, 3.63) is 61.0 Å². The first kappa shape index (κ1) is 19.7. The molecule has 126 valence electrons. The van der Waals surface area contributed by atoms with E-state index >= 15 is 0 Å². The topological polar surface area (TPSA) is 41.5 Å². The van der Waals surface area contributed by atoms with E-state index in [2.05, 4.69) is 10.5 Å². The first-order chi connectivity index (χ1) is 11.4. The molecule has 0 fully saturated rings. The molecule has 0 heterocycles. The number of nitrogens with one attached hydrogen (secondary N) is 1. The van der Waals surface area contributed by atoms with Crippen molar-refractivity contribution in [1.29, 1.82) is 0 Å². The van der Waals surface area contributed by atoms with Crippen LogP contribution in [-0.2, 0) is 4.79 Å². The Morgan fingerprint density at radius 3 is 2.08 bits per heavy atom. The lowest BCUT2D eigenvalue weighted by molar-refractivity contribution is -0.118. The molecule has 0 spiro atoms. The molecule has 0 bridgehead atoms. The Bertz CT molecular complexity index is 754. The summed E-state index contributed by atoms with van der Waals surface area (Å²) in [6.45, 7) is 0. The normalized spacial score (nSPS) is 11.0. The summed E-state index contributed by atoms with van der Waals surface area (Å²) >= 11 is 31.2. The van der Waals surface area contributed by atoms with Crippen molar-refractivity contribution in [2.45, 2.75) is 4.90 Å². The molecule has 2 aromatic rings. The van der Waals surface area contributed by atoms with Crippen LogP contribution in [0.4, 0.5) is 0 Å². The van der Waals surface area contributed by atoms with Crippen molar-refractivity contribution in [1.82, 2.24) is 5.43 Å². The van der Waals surface area contributed by atoms with Crippen LogP contribution in [0.2, 0.25) is 25.1 Å². The van der Waals surface area contributed by atoms with Gasteiger partial charge in [-0.2, -0.15) is 5.10 Å². The van der Waals surface area contributed by atoms with E-state index in [0.29, 0.717) is 4.90 Å². The van der Waals surface area contributed by atoms with Crippen LogP contribution in [0.1, 0.15) is 5.56 Å². The molecule has 0 unspecified atom stereocenters. The van der Waals surface area contributed by atoms with Crippen molar-refractivity contribution < 1.29 is 4.79 Å². The maximum atomic E-state index is 11.8. The maximum absolute atomic E-state index is 11.8. The summed E-state index contributed by atoms with van der Waals surface area (Å²) in [4.78, 5) is 12.2. The summed E-state index contributed by atoms with van der Waals surface area (Å²) in [5.74, 6) is -0.304. The molecule has 0 atom stereocenters. The van der Waals surface area contributed by atoms with Crippen LogP contribution in [-0.4, -0.2) is 17.9 Å². The van der Waals surface area contributed by atoms with Gasteiger partial charge in [0.25, 0.3) is 0 Å². The highest BCUT2D eigenvalue weighted by Crippen LogP contribution is 2.47. The molecule has 0 aliphatic rings. The molecule has 0 aliphatic heterocycles. The Morgan fingerprint density at radius 1 is 0.958 bits per heavy atom. The van der Waals surface area contributed by atoms with Crippen LogP contribution in [0.15, 0.2) is 40.3 Å². The van der Waals surface area contributed by atoms with Crippen LogP contribution >= 0.6 is 69.8 Å². The van der Waals surface area contributed by atoms with Gasteiger partial charge in [0, 0.05) is 4.90 Å². The van der Waals surface area contributed by atoms with Gasteiger partial charge in [-0.1, -0.05) is 88.3 Å². The molecule has 2 rings (SSSR count). The zero-order chi connectivity index (χ0) is 17.7. The molecular formula is C15H9Cl5N2OS. The zero-order valence-corrected chi connectivity index (χ0v) is 16.4. The molecule has 9 heteroatoms. The van der Waals surface area contributed by atoms with Crippen LogP contribution in [0.5, 0.6) is 0 Å². The number of carbonyl (C=O) groups excluding carboxylic acids is 1. The minimum absolute atomic E-state index is 0.0276. The van der Waals surface area contributed by atoms with Gasteiger partial charge >= 0.3 is 0 Å². The average Bonchev–Trinajstić information content (AvgIpc) is 2.59. The zero-order valence-electron chi connectivity index (χ0n) is 11.8. The minimum atomic E-state index is -0.332. The number of nitrogens with zero attached hydrogens (tertiary/aromatic N) is 1. The van der Waals surface area contributed by atoms with Crippen molar-refractivity contribution in [2.75, 3.05) is 5.75 Å². The fourth-order valence-corrected chi connectivity index (χ4v) is 3.97. The smallest absolute Gasteiger partial charge is 0.250 e. The minimum Gasteiger partial charge on any atom is -0.272 e. The number of benzene rings is 2. The number of hydrazone groups is 1. The summed E-state index contributed by atoms with van der Waals surface area (Å²) < 4.78 is 0. The fraction of sp³-hybridized carbons (Fsp3) is 0.0667. The maximum Gasteiger partial charge on any atom is 0.250 e. The van der Waals surface area contributed by atoms with Crippen LogP contribution in [0, 0.1) is 0 Å². The van der Waals surface area contributed by atoms with Crippen molar-refractivity contribution >= 4 is 81.9 Å². The monoisotopic (exact) mass is 440 g/mol. The first-order valence-electron chi connectivity index (χ1n) is 6.43. The van der Waals surface area contributed by atoms with Crippen LogP contribution in [0.25, 0.3) is 0 Å². The number of amides is 1. The third-order valence-corrected chi connectivity index (χ3v) is 6.32. The average molecular weight is 443 g/mol. The van der Waals surface area contributed by atoms with Gasteiger partial charge in [0.05, 0.1) is 37.1 Å². The number of rotatable bonds is 5. The van der Waals surface area contributed by atoms with E-state index in [-0.39, 0.29) is 36.8 Å². The second-order valence-electron chi connectivity index (χ2n) is 4.39. The molecule has 0 radical (unpaired) electrons. The Labute approximate surface area is 168 Å². The Balaban J connectivity index is 1.99. The number of hydrogen-bond acceptors (Lipinski definition) is 3. The van der Waals surface area contributed by atoms with Crippen LogP contribution < -0.4 is 5.43 Å².